The van der Waals surface area contributed by atoms with E-state index in [9.17, 15) is 4.79 Å². The summed E-state index contributed by atoms with van der Waals surface area (Å²) in [4.78, 5) is 20.7. The molecule has 0 spiro atoms. The van der Waals surface area contributed by atoms with E-state index in [0.717, 1.165) is 11.3 Å². The minimum Gasteiger partial charge on any atom is -0.347 e. The monoisotopic (exact) mass is 394 g/mol. The summed E-state index contributed by atoms with van der Waals surface area (Å²) in [5.74, 6) is 0.307. The summed E-state index contributed by atoms with van der Waals surface area (Å²) >= 11 is 5.86. The Balaban J connectivity index is 1.58. The van der Waals surface area contributed by atoms with Crippen molar-refractivity contribution in [3.63, 3.8) is 0 Å². The van der Waals surface area contributed by atoms with Crippen LogP contribution in [0.25, 0.3) is 0 Å². The quantitative estimate of drug-likeness (QED) is 0.631. The molecule has 1 heterocycles. The predicted octanol–water partition coefficient (Wildman–Crippen LogP) is 5.10. The van der Waals surface area contributed by atoms with E-state index in [1.54, 1.807) is 18.3 Å². The van der Waals surface area contributed by atoms with Gasteiger partial charge in [-0.2, -0.15) is 0 Å². The molecule has 3 rings (SSSR count). The molecule has 0 saturated heterocycles. The van der Waals surface area contributed by atoms with E-state index in [2.05, 4.69) is 53.5 Å². The van der Waals surface area contributed by atoms with Gasteiger partial charge in [-0.15, -0.1) is 0 Å². The zero-order valence-electron chi connectivity index (χ0n) is 16.2. The molecule has 0 unspecified atom stereocenters. The number of amides is 1. The predicted molar refractivity (Wildman–Crippen MR) is 113 cm³/mol. The topological polar surface area (TPSA) is 66.9 Å². The van der Waals surface area contributed by atoms with Gasteiger partial charge >= 0.3 is 0 Å². The molecule has 0 aliphatic carbocycles. The Bertz CT molecular complexity index is 930. The molecule has 0 saturated carbocycles. The van der Waals surface area contributed by atoms with Crippen LogP contribution in [0.4, 0.5) is 11.5 Å². The lowest BCUT2D eigenvalue weighted by Gasteiger charge is -2.19. The first-order valence-electron chi connectivity index (χ1n) is 9.03. The van der Waals surface area contributed by atoms with Crippen molar-refractivity contribution in [3.05, 3.63) is 82.8 Å². The maximum Gasteiger partial charge on any atom is 0.271 e. The second-order valence-corrected chi connectivity index (χ2v) is 7.98. The number of halogens is 1. The van der Waals surface area contributed by atoms with Gasteiger partial charge in [0.25, 0.3) is 5.91 Å². The smallest absolute Gasteiger partial charge is 0.271 e. The molecule has 0 atom stereocenters. The number of anilines is 2. The number of carbonyl (C=O) groups excluding carboxylic acids is 1. The van der Waals surface area contributed by atoms with Crippen LogP contribution >= 0.6 is 11.6 Å². The first-order chi connectivity index (χ1) is 13.3. The van der Waals surface area contributed by atoms with Crippen LogP contribution in [-0.4, -0.2) is 15.9 Å². The summed E-state index contributed by atoms with van der Waals surface area (Å²) in [6.45, 7) is 6.94. The number of hydrogen-bond donors (Lipinski definition) is 2. The number of nitrogens with zero attached hydrogens (tertiary/aromatic N) is 2. The molecular formula is C22H23ClN4O. The van der Waals surface area contributed by atoms with Crippen molar-refractivity contribution in [2.45, 2.75) is 32.7 Å². The lowest BCUT2D eigenvalue weighted by atomic mass is 9.87. The Morgan fingerprint density at radius 2 is 1.64 bits per heavy atom. The highest BCUT2D eigenvalue weighted by molar-refractivity contribution is 6.30. The Kier molecular flexibility index (Phi) is 5.95. The molecule has 0 radical (unpaired) electrons. The number of carbonyl (C=O) groups is 1. The zero-order valence-corrected chi connectivity index (χ0v) is 16.9. The molecule has 3 aromatic rings. The van der Waals surface area contributed by atoms with Crippen molar-refractivity contribution >= 4 is 29.0 Å². The lowest BCUT2D eigenvalue weighted by molar-refractivity contribution is 0.0945. The van der Waals surface area contributed by atoms with Crippen LogP contribution in [0.3, 0.4) is 0 Å². The molecule has 1 amide bonds. The number of hydrogen-bond acceptors (Lipinski definition) is 4. The van der Waals surface area contributed by atoms with Gasteiger partial charge in [-0.05, 0) is 40.8 Å². The zero-order chi connectivity index (χ0) is 20.1. The molecule has 0 aliphatic heterocycles. The summed E-state index contributed by atoms with van der Waals surface area (Å²) in [7, 11) is 0. The van der Waals surface area contributed by atoms with E-state index in [1.165, 1.54) is 11.8 Å². The molecule has 144 valence electrons. The minimum atomic E-state index is -0.275. The average molecular weight is 395 g/mol. The fourth-order valence-electron chi connectivity index (χ4n) is 2.59. The average Bonchev–Trinajstić information content (AvgIpc) is 2.67. The third-order valence-electron chi connectivity index (χ3n) is 4.27. The molecule has 1 aromatic heterocycles. The van der Waals surface area contributed by atoms with Gasteiger partial charge in [0.05, 0.1) is 12.4 Å². The standard InChI is InChI=1S/C22H23ClN4O/c1-22(2,3)16-6-10-18(11-7-16)27-20-14-24-19(13-25-20)21(28)26-12-15-4-8-17(23)9-5-15/h4-11,13-14H,12H2,1-3H3,(H,25,27)(H,26,28). The van der Waals surface area contributed by atoms with Crippen LogP contribution in [0.5, 0.6) is 0 Å². The molecule has 0 aliphatic rings. The number of benzene rings is 2. The van der Waals surface area contributed by atoms with E-state index in [-0.39, 0.29) is 17.0 Å². The Hall–Kier alpha value is -2.92. The molecule has 0 bridgehead atoms. The van der Waals surface area contributed by atoms with Crippen molar-refractivity contribution in [1.82, 2.24) is 15.3 Å². The maximum atomic E-state index is 12.2. The first kappa shape index (κ1) is 19.8. The fraction of sp³-hybridized carbons (Fsp3) is 0.227. The summed E-state index contributed by atoms with van der Waals surface area (Å²) in [6.07, 6.45) is 3.01. The number of aromatic nitrogens is 2. The minimum absolute atomic E-state index is 0.110. The van der Waals surface area contributed by atoms with Crippen molar-refractivity contribution in [2.24, 2.45) is 0 Å². The van der Waals surface area contributed by atoms with Gasteiger partial charge in [0.2, 0.25) is 0 Å². The Morgan fingerprint density at radius 3 is 2.21 bits per heavy atom. The van der Waals surface area contributed by atoms with Crippen LogP contribution in [-0.2, 0) is 12.0 Å². The summed E-state index contributed by atoms with van der Waals surface area (Å²) in [5, 5.41) is 6.68. The molecule has 28 heavy (non-hydrogen) atoms. The summed E-state index contributed by atoms with van der Waals surface area (Å²) in [5.41, 5.74) is 3.52. The van der Waals surface area contributed by atoms with Gasteiger partial charge in [-0.1, -0.05) is 56.6 Å². The highest BCUT2D eigenvalue weighted by atomic mass is 35.5. The molecule has 2 N–H and O–H groups in total. The second kappa shape index (κ2) is 8.40. The van der Waals surface area contributed by atoms with E-state index < -0.39 is 0 Å². The third-order valence-corrected chi connectivity index (χ3v) is 4.53. The van der Waals surface area contributed by atoms with Gasteiger partial charge in [0.1, 0.15) is 11.5 Å². The molecule has 2 aromatic carbocycles. The van der Waals surface area contributed by atoms with Crippen molar-refractivity contribution in [2.75, 3.05) is 5.32 Å². The SMILES string of the molecule is CC(C)(C)c1ccc(Nc2cnc(C(=O)NCc3ccc(Cl)cc3)cn2)cc1. The van der Waals surface area contributed by atoms with Crippen molar-refractivity contribution in [3.8, 4) is 0 Å². The Morgan fingerprint density at radius 1 is 0.964 bits per heavy atom. The molecule has 0 fully saturated rings. The number of rotatable bonds is 5. The van der Waals surface area contributed by atoms with E-state index in [1.807, 2.05) is 24.3 Å². The fourth-order valence-corrected chi connectivity index (χ4v) is 2.71. The van der Waals surface area contributed by atoms with Crippen LogP contribution in [0.2, 0.25) is 5.02 Å². The van der Waals surface area contributed by atoms with E-state index in [0.29, 0.717) is 17.4 Å². The third kappa shape index (κ3) is 5.30. The van der Waals surface area contributed by atoms with Crippen LogP contribution in [0.1, 0.15) is 42.4 Å². The van der Waals surface area contributed by atoms with Crippen molar-refractivity contribution < 1.29 is 4.79 Å². The molecule has 6 heteroatoms. The second-order valence-electron chi connectivity index (χ2n) is 7.55. The van der Waals surface area contributed by atoms with E-state index in [4.69, 9.17) is 11.6 Å². The normalized spacial score (nSPS) is 11.1. The number of nitrogens with one attached hydrogen (secondary N) is 2. The van der Waals surface area contributed by atoms with Gasteiger partial charge in [0, 0.05) is 17.3 Å². The molecule has 5 nitrogen and oxygen atoms in total. The Labute approximate surface area is 170 Å². The van der Waals surface area contributed by atoms with E-state index >= 15 is 0 Å². The summed E-state index contributed by atoms with van der Waals surface area (Å²) < 4.78 is 0. The lowest BCUT2D eigenvalue weighted by Crippen LogP contribution is -2.24. The van der Waals surface area contributed by atoms with Gasteiger partial charge in [-0.3, -0.25) is 4.79 Å². The maximum absolute atomic E-state index is 12.2. The van der Waals surface area contributed by atoms with Crippen molar-refractivity contribution in [1.29, 1.82) is 0 Å². The van der Waals surface area contributed by atoms with Crippen LogP contribution in [0.15, 0.2) is 60.9 Å². The largest absolute Gasteiger partial charge is 0.347 e. The van der Waals surface area contributed by atoms with Crippen LogP contribution < -0.4 is 10.6 Å². The van der Waals surface area contributed by atoms with Gasteiger partial charge in [0.15, 0.2) is 0 Å². The first-order valence-corrected chi connectivity index (χ1v) is 9.41. The van der Waals surface area contributed by atoms with Gasteiger partial charge in [-0.25, -0.2) is 9.97 Å². The highest BCUT2D eigenvalue weighted by Gasteiger charge is 2.13. The summed E-state index contributed by atoms with van der Waals surface area (Å²) in [6, 6.07) is 15.5. The van der Waals surface area contributed by atoms with Gasteiger partial charge < -0.3 is 10.6 Å². The molecular weight excluding hydrogens is 372 g/mol. The highest BCUT2D eigenvalue weighted by Crippen LogP contribution is 2.24. The van der Waals surface area contributed by atoms with Crippen LogP contribution in [0, 0.1) is 0 Å².